The Morgan fingerprint density at radius 3 is 2.59 bits per heavy atom. The summed E-state index contributed by atoms with van der Waals surface area (Å²) in [5.41, 5.74) is 5.70. The zero-order valence-corrected chi connectivity index (χ0v) is 17.8. The number of pyridine rings is 2. The van der Waals surface area contributed by atoms with Gasteiger partial charge >= 0.3 is 0 Å². The van der Waals surface area contributed by atoms with Gasteiger partial charge < -0.3 is 4.42 Å². The molecule has 0 aliphatic heterocycles. The van der Waals surface area contributed by atoms with Crippen molar-refractivity contribution in [1.82, 2.24) is 19.5 Å². The lowest BCUT2D eigenvalue weighted by molar-refractivity contribution is 0.648. The third-order valence-corrected chi connectivity index (χ3v) is 5.83. The molecule has 4 aromatic heterocycles. The van der Waals surface area contributed by atoms with E-state index in [4.69, 9.17) is 17.1 Å². The minimum absolute atomic E-state index is 0.299. The van der Waals surface area contributed by atoms with Gasteiger partial charge in [-0.3, -0.25) is 9.55 Å². The minimum Gasteiger partial charge on any atom is -0.437 e. The molecule has 6 rings (SSSR count). The Hall–Kier alpha value is -3.99. The van der Waals surface area contributed by atoms with E-state index in [9.17, 15) is 0 Å². The van der Waals surface area contributed by atoms with E-state index >= 15 is 0 Å². The Bertz CT molecular complexity index is 1670. The molecule has 6 aromatic rings. The van der Waals surface area contributed by atoms with Crippen LogP contribution in [0.1, 0.15) is 33.9 Å². The van der Waals surface area contributed by atoms with Crippen LogP contribution >= 0.6 is 0 Å². The fourth-order valence-corrected chi connectivity index (χ4v) is 4.25. The number of aryl methyl sites for hydroxylation is 1. The molecule has 4 heterocycles. The highest BCUT2D eigenvalue weighted by molar-refractivity contribution is 6.08. The van der Waals surface area contributed by atoms with E-state index in [0.29, 0.717) is 39.8 Å². The van der Waals surface area contributed by atoms with E-state index in [2.05, 4.69) is 31.0 Å². The van der Waals surface area contributed by atoms with E-state index in [1.54, 1.807) is 6.20 Å². The highest BCUT2D eigenvalue weighted by Crippen LogP contribution is 2.37. The maximum Gasteiger partial charge on any atom is 0.227 e. The van der Waals surface area contributed by atoms with Crippen LogP contribution in [0.2, 0.25) is 0 Å². The molecule has 5 heteroatoms. The predicted molar refractivity (Wildman–Crippen MR) is 128 cm³/mol. The summed E-state index contributed by atoms with van der Waals surface area (Å²) in [5.74, 6) is 0.970. The summed E-state index contributed by atoms with van der Waals surface area (Å²) in [7, 11) is 0. The van der Waals surface area contributed by atoms with Gasteiger partial charge in [-0.15, -0.1) is 0 Å². The van der Waals surface area contributed by atoms with Crippen LogP contribution in [-0.2, 0) is 0 Å². The topological polar surface area (TPSA) is 56.7 Å². The highest BCUT2D eigenvalue weighted by atomic mass is 16.3. The second kappa shape index (κ2) is 7.02. The second-order valence-electron chi connectivity index (χ2n) is 8.20. The number of aromatic nitrogens is 4. The average Bonchev–Trinajstić information content (AvgIpc) is 3.42. The number of nitrogens with zero attached hydrogens (tertiary/aromatic N) is 4. The van der Waals surface area contributed by atoms with E-state index < -0.39 is 6.88 Å². The van der Waals surface area contributed by atoms with Crippen LogP contribution in [0.5, 0.6) is 0 Å². The smallest absolute Gasteiger partial charge is 0.227 e. The number of imidazole rings is 1. The van der Waals surface area contributed by atoms with Gasteiger partial charge in [0.15, 0.2) is 0 Å². The van der Waals surface area contributed by atoms with E-state index in [-0.39, 0.29) is 0 Å². The third kappa shape index (κ3) is 2.74. The fraction of sp³-hybridized carbons (Fsp3) is 0.148. The Morgan fingerprint density at radius 1 is 0.906 bits per heavy atom. The molecule has 0 bridgehead atoms. The van der Waals surface area contributed by atoms with Gasteiger partial charge in [0, 0.05) is 31.1 Å². The van der Waals surface area contributed by atoms with Gasteiger partial charge in [-0.05, 0) is 49.2 Å². The van der Waals surface area contributed by atoms with Gasteiger partial charge in [0.1, 0.15) is 11.4 Å². The van der Waals surface area contributed by atoms with Gasteiger partial charge in [-0.1, -0.05) is 44.2 Å². The molecule has 0 spiro atoms. The first-order valence-corrected chi connectivity index (χ1v) is 10.6. The number of para-hydroxylation sites is 2. The third-order valence-electron chi connectivity index (χ3n) is 5.83. The fourth-order valence-electron chi connectivity index (χ4n) is 4.25. The Kier molecular flexibility index (Phi) is 3.66. The average molecular weight is 421 g/mol. The molecule has 0 N–H and O–H groups in total. The SMILES string of the molecule is [2H]C([2H])c1nccc2nc(-c3cccc4c3oc3nc(C(C)C)ccc34)n(-c3ccccc3)c12. The summed E-state index contributed by atoms with van der Waals surface area (Å²) in [6, 6.07) is 21.8. The first kappa shape index (κ1) is 16.7. The molecule has 0 fully saturated rings. The molecule has 2 aromatic carbocycles. The predicted octanol–water partition coefficient (Wildman–Crippen LogP) is 6.81. The van der Waals surface area contributed by atoms with E-state index in [0.717, 1.165) is 27.7 Å². The summed E-state index contributed by atoms with van der Waals surface area (Å²) in [5, 5.41) is 1.93. The van der Waals surface area contributed by atoms with Gasteiger partial charge in [-0.2, -0.15) is 0 Å². The zero-order valence-electron chi connectivity index (χ0n) is 19.8. The van der Waals surface area contributed by atoms with Gasteiger partial charge in [0.25, 0.3) is 0 Å². The summed E-state index contributed by atoms with van der Waals surface area (Å²) in [4.78, 5) is 14.1. The maximum absolute atomic E-state index is 8.07. The summed E-state index contributed by atoms with van der Waals surface area (Å²) in [6.45, 7) is 2.99. The lowest BCUT2D eigenvalue weighted by atomic mass is 10.1. The first-order chi connectivity index (χ1) is 16.5. The maximum atomic E-state index is 8.07. The lowest BCUT2D eigenvalue weighted by Crippen LogP contribution is -1.99. The quantitative estimate of drug-likeness (QED) is 0.315. The number of rotatable bonds is 3. The molecule has 0 aliphatic rings. The highest BCUT2D eigenvalue weighted by Gasteiger charge is 2.21. The molecule has 156 valence electrons. The molecule has 5 nitrogen and oxygen atoms in total. The molecule has 0 aliphatic carbocycles. The number of furan rings is 1. The van der Waals surface area contributed by atoms with Crippen molar-refractivity contribution in [3.63, 3.8) is 0 Å². The molecule has 0 unspecified atom stereocenters. The molecular formula is C27H22N4O. The minimum atomic E-state index is -1.24. The van der Waals surface area contributed by atoms with Crippen LogP contribution in [0, 0.1) is 6.88 Å². The van der Waals surface area contributed by atoms with Crippen LogP contribution in [0.4, 0.5) is 0 Å². The summed E-state index contributed by atoms with van der Waals surface area (Å²) in [6.07, 6.45) is 1.61. The molecule has 0 saturated carbocycles. The van der Waals surface area contributed by atoms with Crippen LogP contribution < -0.4 is 0 Å². The second-order valence-corrected chi connectivity index (χ2v) is 8.20. The number of fused-ring (bicyclic) bond motifs is 4. The normalized spacial score (nSPS) is 12.9. The van der Waals surface area contributed by atoms with Crippen molar-refractivity contribution in [2.75, 3.05) is 0 Å². The first-order valence-electron chi connectivity index (χ1n) is 11.8. The Labute approximate surface area is 188 Å². The number of benzene rings is 2. The molecular weight excluding hydrogens is 396 g/mol. The van der Waals surface area contributed by atoms with Crippen LogP contribution in [-0.4, -0.2) is 19.5 Å². The van der Waals surface area contributed by atoms with Gasteiger partial charge in [-0.25, -0.2) is 9.97 Å². The van der Waals surface area contributed by atoms with Crippen LogP contribution in [0.15, 0.2) is 77.3 Å². The number of hydrogen-bond acceptors (Lipinski definition) is 4. The van der Waals surface area contributed by atoms with Crippen molar-refractivity contribution in [3.05, 3.63) is 84.3 Å². The standard InChI is InChI=1S/C27H22N4O/c1-16(2)22-13-12-20-19-10-7-11-21(25(19)32-27(20)30-22)26-29-23-14-15-28-17(3)24(23)31(26)18-8-5-4-6-9-18/h4-16H,1-3H3/i3D2. The zero-order chi connectivity index (χ0) is 23.4. The molecule has 0 atom stereocenters. The van der Waals surface area contributed by atoms with E-state index in [1.807, 2.05) is 59.2 Å². The Morgan fingerprint density at radius 2 is 1.78 bits per heavy atom. The van der Waals surface area contributed by atoms with Gasteiger partial charge in [0.05, 0.1) is 22.3 Å². The van der Waals surface area contributed by atoms with E-state index in [1.165, 1.54) is 0 Å². The van der Waals surface area contributed by atoms with Crippen molar-refractivity contribution in [2.24, 2.45) is 0 Å². The van der Waals surface area contributed by atoms with Crippen molar-refractivity contribution < 1.29 is 7.16 Å². The molecule has 0 saturated heterocycles. The van der Waals surface area contributed by atoms with Crippen LogP contribution in [0.25, 0.3) is 50.2 Å². The summed E-state index contributed by atoms with van der Waals surface area (Å²) < 4.78 is 24.5. The molecule has 32 heavy (non-hydrogen) atoms. The van der Waals surface area contributed by atoms with Crippen molar-refractivity contribution in [3.8, 4) is 17.1 Å². The largest absolute Gasteiger partial charge is 0.437 e. The van der Waals surface area contributed by atoms with Crippen LogP contribution in [0.3, 0.4) is 0 Å². The van der Waals surface area contributed by atoms with Gasteiger partial charge in [0.2, 0.25) is 5.71 Å². The summed E-state index contributed by atoms with van der Waals surface area (Å²) >= 11 is 0. The lowest BCUT2D eigenvalue weighted by Gasteiger charge is -2.10. The van der Waals surface area contributed by atoms with Crippen molar-refractivity contribution in [2.45, 2.75) is 26.6 Å². The molecule has 0 radical (unpaired) electrons. The number of hydrogen-bond donors (Lipinski definition) is 0. The van der Waals surface area contributed by atoms with Crippen molar-refractivity contribution >= 4 is 33.1 Å². The monoisotopic (exact) mass is 420 g/mol. The van der Waals surface area contributed by atoms with Crippen molar-refractivity contribution in [1.29, 1.82) is 0 Å². The Balaban J connectivity index is 1.71. The molecule has 0 amide bonds.